The summed E-state index contributed by atoms with van der Waals surface area (Å²) in [6, 6.07) is 0. The molecule has 1 unspecified atom stereocenters. The summed E-state index contributed by atoms with van der Waals surface area (Å²) < 4.78 is 4.85. The Kier molecular flexibility index (Phi) is 2.73. The van der Waals surface area contributed by atoms with Gasteiger partial charge in [-0.1, -0.05) is 6.58 Å². The molecule has 0 amide bonds. The third kappa shape index (κ3) is 2.29. The normalized spacial score (nSPS) is 25.6. The van der Waals surface area contributed by atoms with E-state index < -0.39 is 17.9 Å². The van der Waals surface area contributed by atoms with Gasteiger partial charge in [-0.15, -0.1) is 0 Å². The summed E-state index contributed by atoms with van der Waals surface area (Å²) in [5, 5.41) is 18.7. The van der Waals surface area contributed by atoms with E-state index in [1.54, 1.807) is 0 Å². The second-order valence-corrected chi connectivity index (χ2v) is 3.45. The summed E-state index contributed by atoms with van der Waals surface area (Å²) in [6.45, 7) is 4.93. The fourth-order valence-corrected chi connectivity index (χ4v) is 1.32. The molecule has 4 heteroatoms. The highest BCUT2D eigenvalue weighted by molar-refractivity contribution is 5.87. The lowest BCUT2D eigenvalue weighted by Gasteiger charge is -2.23. The first-order valence-electron chi connectivity index (χ1n) is 4.25. The second kappa shape index (κ2) is 3.47. The van der Waals surface area contributed by atoms with Crippen LogP contribution in [0.3, 0.4) is 0 Å². The number of ether oxygens (including phenoxy) is 1. The Bertz CT molecular complexity index is 232. The average Bonchev–Trinajstić information content (AvgIpc) is 2.30. The lowest BCUT2D eigenvalue weighted by Crippen LogP contribution is -2.40. The standard InChI is InChI=1S/C9H14O4/c1-6(2)8(10)13-7-4-3-5-9(7,11)12/h7,11-12H,1,3-5H2,2H3. The second-order valence-electron chi connectivity index (χ2n) is 3.45. The molecule has 13 heavy (non-hydrogen) atoms. The Balaban J connectivity index is 2.54. The van der Waals surface area contributed by atoms with Crippen LogP contribution in [0.5, 0.6) is 0 Å². The van der Waals surface area contributed by atoms with E-state index in [1.807, 2.05) is 0 Å². The molecule has 0 aromatic carbocycles. The van der Waals surface area contributed by atoms with Crippen LogP contribution in [0, 0.1) is 0 Å². The van der Waals surface area contributed by atoms with Crippen LogP contribution in [0.15, 0.2) is 12.2 Å². The number of esters is 1. The van der Waals surface area contributed by atoms with Crippen LogP contribution >= 0.6 is 0 Å². The molecule has 0 aliphatic heterocycles. The van der Waals surface area contributed by atoms with Crippen molar-refractivity contribution in [1.82, 2.24) is 0 Å². The summed E-state index contributed by atoms with van der Waals surface area (Å²) in [6.07, 6.45) is 0.589. The zero-order valence-electron chi connectivity index (χ0n) is 7.62. The molecule has 1 aliphatic carbocycles. The molecule has 0 bridgehead atoms. The number of hydrogen-bond donors (Lipinski definition) is 2. The third-order valence-electron chi connectivity index (χ3n) is 2.12. The van der Waals surface area contributed by atoms with Gasteiger partial charge in [0.1, 0.15) is 0 Å². The number of rotatable bonds is 2. The highest BCUT2D eigenvalue weighted by Gasteiger charge is 2.42. The molecule has 0 aromatic heterocycles. The van der Waals surface area contributed by atoms with Crippen molar-refractivity contribution >= 4 is 5.97 Å². The maximum Gasteiger partial charge on any atom is 0.333 e. The van der Waals surface area contributed by atoms with Gasteiger partial charge in [0.2, 0.25) is 5.79 Å². The van der Waals surface area contributed by atoms with Gasteiger partial charge in [0, 0.05) is 12.0 Å². The van der Waals surface area contributed by atoms with E-state index in [1.165, 1.54) is 6.92 Å². The Morgan fingerprint density at radius 3 is 2.62 bits per heavy atom. The summed E-state index contributed by atoms with van der Waals surface area (Å²) in [5.41, 5.74) is 0.266. The predicted molar refractivity (Wildman–Crippen MR) is 45.7 cm³/mol. The van der Waals surface area contributed by atoms with Crippen LogP contribution in [0.25, 0.3) is 0 Å². The molecular weight excluding hydrogens is 172 g/mol. The van der Waals surface area contributed by atoms with Crippen LogP contribution in [0.4, 0.5) is 0 Å². The maximum atomic E-state index is 11.0. The highest BCUT2D eigenvalue weighted by Crippen LogP contribution is 2.30. The Labute approximate surface area is 76.8 Å². The lowest BCUT2D eigenvalue weighted by molar-refractivity contribution is -0.220. The highest BCUT2D eigenvalue weighted by atomic mass is 16.6. The fourth-order valence-electron chi connectivity index (χ4n) is 1.32. The smallest absolute Gasteiger partial charge is 0.333 e. The van der Waals surface area contributed by atoms with E-state index in [0.717, 1.165) is 0 Å². The van der Waals surface area contributed by atoms with E-state index >= 15 is 0 Å². The van der Waals surface area contributed by atoms with Gasteiger partial charge >= 0.3 is 5.97 Å². The molecule has 74 valence electrons. The van der Waals surface area contributed by atoms with Gasteiger partial charge in [-0.25, -0.2) is 4.79 Å². The number of carbonyl (C=O) groups is 1. The molecule has 1 saturated carbocycles. The fraction of sp³-hybridized carbons (Fsp3) is 0.667. The molecule has 0 heterocycles. The zero-order valence-corrected chi connectivity index (χ0v) is 7.62. The van der Waals surface area contributed by atoms with Crippen molar-refractivity contribution in [3.05, 3.63) is 12.2 Å². The van der Waals surface area contributed by atoms with Crippen molar-refractivity contribution in [2.24, 2.45) is 0 Å². The summed E-state index contributed by atoms with van der Waals surface area (Å²) in [5.74, 6) is -2.43. The molecule has 4 nitrogen and oxygen atoms in total. The minimum atomic E-state index is -1.86. The van der Waals surface area contributed by atoms with Gasteiger partial charge in [0.25, 0.3) is 0 Å². The summed E-state index contributed by atoms with van der Waals surface area (Å²) in [7, 11) is 0. The molecule has 0 radical (unpaired) electrons. The SMILES string of the molecule is C=C(C)C(=O)OC1CCCC1(O)O. The molecule has 1 rings (SSSR count). The van der Waals surface area contributed by atoms with E-state index in [0.29, 0.717) is 12.8 Å². The van der Waals surface area contributed by atoms with E-state index in [4.69, 9.17) is 4.74 Å². The van der Waals surface area contributed by atoms with Crippen molar-refractivity contribution in [3.63, 3.8) is 0 Å². The maximum absolute atomic E-state index is 11.0. The van der Waals surface area contributed by atoms with E-state index in [2.05, 4.69) is 6.58 Å². The molecule has 1 atom stereocenters. The average molecular weight is 186 g/mol. The van der Waals surface area contributed by atoms with Crippen molar-refractivity contribution < 1.29 is 19.7 Å². The van der Waals surface area contributed by atoms with Crippen LogP contribution < -0.4 is 0 Å². The number of aliphatic hydroxyl groups is 2. The van der Waals surface area contributed by atoms with Gasteiger partial charge in [-0.05, 0) is 19.8 Å². The number of carbonyl (C=O) groups excluding carboxylic acids is 1. The van der Waals surface area contributed by atoms with Crippen LogP contribution in [0.1, 0.15) is 26.2 Å². The molecular formula is C9H14O4. The first-order chi connectivity index (χ1) is 5.93. The largest absolute Gasteiger partial charge is 0.453 e. The molecule has 1 aliphatic rings. The Hall–Kier alpha value is -0.870. The minimum Gasteiger partial charge on any atom is -0.453 e. The van der Waals surface area contributed by atoms with Crippen LogP contribution in [-0.2, 0) is 9.53 Å². The van der Waals surface area contributed by atoms with Crippen LogP contribution in [-0.4, -0.2) is 28.1 Å². The number of hydrogen-bond acceptors (Lipinski definition) is 4. The first-order valence-corrected chi connectivity index (χ1v) is 4.25. The van der Waals surface area contributed by atoms with Crippen molar-refractivity contribution in [1.29, 1.82) is 0 Å². The molecule has 0 aromatic rings. The van der Waals surface area contributed by atoms with Crippen molar-refractivity contribution in [2.75, 3.05) is 0 Å². The van der Waals surface area contributed by atoms with E-state index in [9.17, 15) is 15.0 Å². The third-order valence-corrected chi connectivity index (χ3v) is 2.12. The summed E-state index contributed by atoms with van der Waals surface area (Å²) in [4.78, 5) is 11.0. The molecule has 0 spiro atoms. The summed E-state index contributed by atoms with van der Waals surface area (Å²) >= 11 is 0. The lowest BCUT2D eigenvalue weighted by atomic mass is 10.2. The molecule has 0 saturated heterocycles. The van der Waals surface area contributed by atoms with Crippen LogP contribution in [0.2, 0.25) is 0 Å². The van der Waals surface area contributed by atoms with Gasteiger partial charge < -0.3 is 14.9 Å². The van der Waals surface area contributed by atoms with Crippen molar-refractivity contribution in [3.8, 4) is 0 Å². The van der Waals surface area contributed by atoms with E-state index in [-0.39, 0.29) is 12.0 Å². The van der Waals surface area contributed by atoms with Gasteiger partial charge in [0.15, 0.2) is 6.10 Å². The van der Waals surface area contributed by atoms with Gasteiger partial charge in [-0.2, -0.15) is 0 Å². The Morgan fingerprint density at radius 1 is 1.62 bits per heavy atom. The minimum absolute atomic E-state index is 0.251. The molecule has 1 fully saturated rings. The Morgan fingerprint density at radius 2 is 2.23 bits per heavy atom. The monoisotopic (exact) mass is 186 g/mol. The van der Waals surface area contributed by atoms with Crippen molar-refractivity contribution in [2.45, 2.75) is 38.1 Å². The predicted octanol–water partition coefficient (Wildman–Crippen LogP) is 0.339. The van der Waals surface area contributed by atoms with Gasteiger partial charge in [0.05, 0.1) is 0 Å². The quantitative estimate of drug-likeness (QED) is 0.371. The zero-order chi connectivity index (χ0) is 10.1. The molecule has 2 N–H and O–H groups in total. The topological polar surface area (TPSA) is 66.8 Å². The first kappa shape index (κ1) is 10.2. The van der Waals surface area contributed by atoms with Gasteiger partial charge in [-0.3, -0.25) is 0 Å².